The maximum atomic E-state index is 4.56. The highest BCUT2D eigenvalue weighted by molar-refractivity contribution is 7.99. The second-order valence-electron chi connectivity index (χ2n) is 4.89. The number of nitrogens with one attached hydrogen (secondary N) is 1. The molecule has 1 aliphatic heterocycles. The molecule has 1 unspecified atom stereocenters. The zero-order valence-corrected chi connectivity index (χ0v) is 12.7. The van der Waals surface area contributed by atoms with Crippen molar-refractivity contribution >= 4 is 17.3 Å². The third-order valence-electron chi connectivity index (χ3n) is 3.35. The summed E-state index contributed by atoms with van der Waals surface area (Å²) in [6.45, 7) is 5.49. The number of thioether (sulfide) groups is 1. The monoisotopic (exact) mass is 277 g/mol. The lowest BCUT2D eigenvalue weighted by Crippen LogP contribution is -2.31. The van der Waals surface area contributed by atoms with Crippen molar-refractivity contribution in [1.29, 1.82) is 0 Å². The van der Waals surface area contributed by atoms with Crippen LogP contribution in [0.2, 0.25) is 0 Å². The van der Waals surface area contributed by atoms with Gasteiger partial charge in [-0.3, -0.25) is 4.98 Å². The lowest BCUT2D eigenvalue weighted by atomic mass is 10.0. The van der Waals surface area contributed by atoms with Crippen LogP contribution < -0.4 is 5.32 Å². The summed E-state index contributed by atoms with van der Waals surface area (Å²) in [7, 11) is 0. The quantitative estimate of drug-likeness (QED) is 0.637. The molecule has 1 atom stereocenters. The van der Waals surface area contributed by atoms with Crippen LogP contribution >= 0.6 is 11.8 Å². The Hall–Kier alpha value is -0.870. The van der Waals surface area contributed by atoms with Crippen LogP contribution in [-0.4, -0.2) is 28.3 Å². The summed E-state index contributed by atoms with van der Waals surface area (Å²) in [6, 6.07) is 0.375. The number of unbranched alkanes of at least 4 members (excludes halogenated alkanes) is 2. The molecule has 0 fully saturated rings. The van der Waals surface area contributed by atoms with Crippen molar-refractivity contribution < 1.29 is 0 Å². The van der Waals surface area contributed by atoms with Crippen molar-refractivity contribution in [3.63, 3.8) is 0 Å². The van der Waals surface area contributed by atoms with Gasteiger partial charge in [0.1, 0.15) is 5.03 Å². The van der Waals surface area contributed by atoms with Gasteiger partial charge in [0.15, 0.2) is 0 Å². The van der Waals surface area contributed by atoms with Crippen LogP contribution in [0.5, 0.6) is 0 Å². The Balaban J connectivity index is 2.09. The average molecular weight is 277 g/mol. The maximum Gasteiger partial charge on any atom is 0.122 e. The van der Waals surface area contributed by atoms with Crippen LogP contribution in [0.1, 0.15) is 45.2 Å². The molecule has 2 rings (SSSR count). The van der Waals surface area contributed by atoms with E-state index in [1.54, 1.807) is 12.4 Å². The summed E-state index contributed by atoms with van der Waals surface area (Å²) in [5.41, 5.74) is 2.38. The molecular weight excluding hydrogens is 254 g/mol. The predicted molar refractivity (Wildman–Crippen MR) is 82.3 cm³/mol. The first kappa shape index (κ1) is 14.5. The topological polar surface area (TPSA) is 37.8 Å². The van der Waals surface area contributed by atoms with E-state index in [0.717, 1.165) is 29.4 Å². The molecule has 1 aromatic heterocycles. The van der Waals surface area contributed by atoms with Crippen LogP contribution in [0.15, 0.2) is 23.5 Å². The van der Waals surface area contributed by atoms with Crippen molar-refractivity contribution in [2.75, 3.05) is 12.3 Å². The first-order valence-corrected chi connectivity index (χ1v) is 8.19. The first-order chi connectivity index (χ1) is 9.33. The lowest BCUT2D eigenvalue weighted by Gasteiger charge is -2.22. The second kappa shape index (κ2) is 7.65. The molecule has 3 nitrogen and oxygen atoms in total. The number of aromatic nitrogens is 2. The highest BCUT2D eigenvalue weighted by Crippen LogP contribution is 2.28. The Bertz CT molecular complexity index is 431. The number of hydrogen-bond acceptors (Lipinski definition) is 4. The Labute approximate surface area is 120 Å². The van der Waals surface area contributed by atoms with E-state index in [1.165, 1.54) is 24.8 Å². The first-order valence-electron chi connectivity index (χ1n) is 7.20. The molecule has 1 aliphatic rings. The molecule has 104 valence electrons. The molecule has 0 amide bonds. The van der Waals surface area contributed by atoms with Crippen molar-refractivity contribution in [1.82, 2.24) is 15.3 Å². The fourth-order valence-electron chi connectivity index (χ4n) is 2.27. The Morgan fingerprint density at radius 3 is 2.95 bits per heavy atom. The van der Waals surface area contributed by atoms with Crippen LogP contribution in [-0.2, 0) is 0 Å². The minimum atomic E-state index is 0.375. The minimum absolute atomic E-state index is 0.375. The molecular formula is C15H23N3S. The summed E-state index contributed by atoms with van der Waals surface area (Å²) >= 11 is 1.84. The Morgan fingerprint density at radius 1 is 1.32 bits per heavy atom. The van der Waals surface area contributed by atoms with Gasteiger partial charge in [-0.15, -0.1) is 11.8 Å². The van der Waals surface area contributed by atoms with Crippen molar-refractivity contribution in [3.8, 4) is 0 Å². The van der Waals surface area contributed by atoms with Gasteiger partial charge in [-0.1, -0.05) is 25.8 Å². The molecule has 2 heterocycles. The third kappa shape index (κ3) is 4.05. The van der Waals surface area contributed by atoms with E-state index in [4.69, 9.17) is 0 Å². The largest absolute Gasteiger partial charge is 0.310 e. The molecule has 0 aromatic carbocycles. The van der Waals surface area contributed by atoms with Crippen LogP contribution in [0, 0.1) is 0 Å². The van der Waals surface area contributed by atoms with Crippen molar-refractivity contribution in [3.05, 3.63) is 24.2 Å². The molecule has 1 aromatic rings. The second-order valence-corrected chi connectivity index (χ2v) is 5.97. The van der Waals surface area contributed by atoms with Gasteiger partial charge in [-0.25, -0.2) is 4.98 Å². The number of nitrogens with zero attached hydrogens (tertiary/aromatic N) is 2. The number of hydrogen-bond donors (Lipinski definition) is 1. The van der Waals surface area contributed by atoms with Crippen molar-refractivity contribution in [2.24, 2.45) is 0 Å². The SMILES string of the molecule is CCCCCSc1nccnc1C1=CCCNC1C. The van der Waals surface area contributed by atoms with Crippen LogP contribution in [0.25, 0.3) is 5.57 Å². The molecule has 0 saturated heterocycles. The van der Waals surface area contributed by atoms with Gasteiger partial charge in [-0.05, 0) is 37.6 Å². The zero-order valence-electron chi connectivity index (χ0n) is 11.9. The van der Waals surface area contributed by atoms with Gasteiger partial charge in [-0.2, -0.15) is 0 Å². The molecule has 0 radical (unpaired) electrons. The minimum Gasteiger partial charge on any atom is -0.310 e. The summed E-state index contributed by atoms with van der Waals surface area (Å²) < 4.78 is 0. The van der Waals surface area contributed by atoms with Gasteiger partial charge in [0.2, 0.25) is 0 Å². The normalized spacial score (nSPS) is 19.3. The highest BCUT2D eigenvalue weighted by Gasteiger charge is 2.18. The van der Waals surface area contributed by atoms with Gasteiger partial charge in [0, 0.05) is 18.4 Å². The van der Waals surface area contributed by atoms with E-state index in [2.05, 4.69) is 35.2 Å². The van der Waals surface area contributed by atoms with Crippen LogP contribution in [0.4, 0.5) is 0 Å². The Kier molecular flexibility index (Phi) is 5.86. The predicted octanol–water partition coefficient (Wildman–Crippen LogP) is 3.52. The maximum absolute atomic E-state index is 4.56. The highest BCUT2D eigenvalue weighted by atomic mass is 32.2. The van der Waals surface area contributed by atoms with E-state index in [-0.39, 0.29) is 0 Å². The van der Waals surface area contributed by atoms with Gasteiger partial charge >= 0.3 is 0 Å². The van der Waals surface area contributed by atoms with Crippen molar-refractivity contribution in [2.45, 2.75) is 50.6 Å². The standard InChI is InChI=1S/C15H23N3S/c1-3-4-5-11-19-15-14(17-9-10-18-15)13-7-6-8-16-12(13)2/h7,9-10,12,16H,3-6,8,11H2,1-2H3. The smallest absolute Gasteiger partial charge is 0.122 e. The van der Waals surface area contributed by atoms with E-state index in [1.807, 2.05) is 11.8 Å². The Morgan fingerprint density at radius 2 is 2.16 bits per heavy atom. The average Bonchev–Trinajstić information content (AvgIpc) is 2.45. The fourth-order valence-corrected chi connectivity index (χ4v) is 3.25. The molecule has 1 N–H and O–H groups in total. The van der Waals surface area contributed by atoms with E-state index in [9.17, 15) is 0 Å². The summed E-state index contributed by atoms with van der Waals surface area (Å²) in [5.74, 6) is 1.13. The molecule has 0 aliphatic carbocycles. The van der Waals surface area contributed by atoms with Crippen LogP contribution in [0.3, 0.4) is 0 Å². The lowest BCUT2D eigenvalue weighted by molar-refractivity contribution is 0.623. The van der Waals surface area contributed by atoms with E-state index in [0.29, 0.717) is 6.04 Å². The molecule has 0 bridgehead atoms. The van der Waals surface area contributed by atoms with E-state index < -0.39 is 0 Å². The molecule has 0 spiro atoms. The summed E-state index contributed by atoms with van der Waals surface area (Å²) in [6.07, 6.45) is 10.8. The summed E-state index contributed by atoms with van der Waals surface area (Å²) in [4.78, 5) is 9.08. The number of rotatable bonds is 6. The molecule has 0 saturated carbocycles. The fraction of sp³-hybridized carbons (Fsp3) is 0.600. The van der Waals surface area contributed by atoms with E-state index >= 15 is 0 Å². The molecule has 19 heavy (non-hydrogen) atoms. The molecule has 4 heteroatoms. The van der Waals surface area contributed by atoms with Gasteiger partial charge < -0.3 is 5.32 Å². The van der Waals surface area contributed by atoms with Gasteiger partial charge in [0.05, 0.1) is 5.69 Å². The van der Waals surface area contributed by atoms with Gasteiger partial charge in [0.25, 0.3) is 0 Å². The zero-order chi connectivity index (χ0) is 13.5. The summed E-state index contributed by atoms with van der Waals surface area (Å²) in [5, 5.41) is 4.57. The third-order valence-corrected chi connectivity index (χ3v) is 4.42.